The van der Waals surface area contributed by atoms with Crippen LogP contribution in [0.2, 0.25) is 10.2 Å². The molecule has 21 heavy (non-hydrogen) atoms. The highest BCUT2D eigenvalue weighted by Gasteiger charge is 2.11. The molecule has 2 heterocycles. The number of benzene rings is 1. The number of hydrogen-bond acceptors (Lipinski definition) is 4. The van der Waals surface area contributed by atoms with E-state index in [0.717, 1.165) is 0 Å². The molecule has 1 N–H and O–H groups in total. The summed E-state index contributed by atoms with van der Waals surface area (Å²) >= 11 is 11.7. The Bertz CT molecular complexity index is 884. The third-order valence-electron chi connectivity index (χ3n) is 2.75. The van der Waals surface area contributed by atoms with Gasteiger partial charge in [0.2, 0.25) is 0 Å². The third kappa shape index (κ3) is 2.49. The molecule has 2 aromatic heterocycles. The van der Waals surface area contributed by atoms with Crippen molar-refractivity contribution in [2.45, 2.75) is 0 Å². The fourth-order valence-corrected chi connectivity index (χ4v) is 2.19. The zero-order valence-electron chi connectivity index (χ0n) is 10.3. The lowest BCUT2D eigenvalue weighted by molar-refractivity contribution is 0.628. The first-order chi connectivity index (χ1) is 10.1. The molecule has 104 valence electrons. The summed E-state index contributed by atoms with van der Waals surface area (Å²) in [5.41, 5.74) is 1.19. The van der Waals surface area contributed by atoms with E-state index in [0.29, 0.717) is 22.7 Å². The van der Waals surface area contributed by atoms with Crippen molar-refractivity contribution in [3.8, 4) is 6.07 Å². The Morgan fingerprint density at radius 2 is 2.10 bits per heavy atom. The van der Waals surface area contributed by atoms with Crippen molar-refractivity contribution in [1.82, 2.24) is 14.6 Å². The van der Waals surface area contributed by atoms with Crippen LogP contribution in [-0.4, -0.2) is 14.6 Å². The van der Waals surface area contributed by atoms with Crippen molar-refractivity contribution < 1.29 is 4.39 Å². The molecule has 8 heteroatoms. The molecule has 0 atom stereocenters. The molecule has 0 bridgehead atoms. The Labute approximate surface area is 128 Å². The summed E-state index contributed by atoms with van der Waals surface area (Å²) in [5.74, 6) is -0.0276. The fourth-order valence-electron chi connectivity index (χ4n) is 1.82. The average molecular weight is 322 g/mol. The molecule has 0 unspecified atom stereocenters. The lowest BCUT2D eigenvalue weighted by atomic mass is 10.3. The minimum atomic E-state index is -0.508. The molecule has 0 aliphatic heterocycles. The van der Waals surface area contributed by atoms with E-state index in [-0.39, 0.29) is 10.2 Å². The smallest absolute Gasteiger partial charge is 0.176 e. The van der Waals surface area contributed by atoms with E-state index in [4.69, 9.17) is 28.5 Å². The highest BCUT2D eigenvalue weighted by atomic mass is 35.5. The summed E-state index contributed by atoms with van der Waals surface area (Å²) in [6.45, 7) is 0. The summed E-state index contributed by atoms with van der Waals surface area (Å²) in [6, 6.07) is 7.73. The third-order valence-corrected chi connectivity index (χ3v) is 3.24. The number of rotatable bonds is 2. The van der Waals surface area contributed by atoms with Crippen LogP contribution in [-0.2, 0) is 0 Å². The molecule has 0 amide bonds. The van der Waals surface area contributed by atoms with Crippen molar-refractivity contribution >= 4 is 40.4 Å². The first kappa shape index (κ1) is 13.6. The standard InChI is InChI=1S/C13H6Cl2FN5/c14-9-3-8(1-2-10(9)16)19-12-4-11(15)20-13-7(5-17)6-18-21(12)13/h1-4,6,19H. The number of fused-ring (bicyclic) bond motifs is 1. The molecule has 3 aromatic rings. The molecule has 0 spiro atoms. The van der Waals surface area contributed by atoms with Crippen LogP contribution in [0, 0.1) is 17.1 Å². The minimum absolute atomic E-state index is 0.00502. The second kappa shape index (κ2) is 5.20. The molecule has 0 saturated carbocycles. The van der Waals surface area contributed by atoms with Gasteiger partial charge in [-0.2, -0.15) is 14.9 Å². The topological polar surface area (TPSA) is 66.0 Å². The second-order valence-corrected chi connectivity index (χ2v) is 4.92. The normalized spacial score (nSPS) is 10.6. The van der Waals surface area contributed by atoms with E-state index in [1.54, 1.807) is 6.07 Å². The van der Waals surface area contributed by atoms with E-state index in [1.165, 1.54) is 28.9 Å². The summed E-state index contributed by atoms with van der Waals surface area (Å²) < 4.78 is 14.6. The molecule has 3 rings (SSSR count). The van der Waals surface area contributed by atoms with Gasteiger partial charge in [0.1, 0.15) is 28.4 Å². The maximum absolute atomic E-state index is 13.2. The number of aromatic nitrogens is 3. The van der Waals surface area contributed by atoms with E-state index >= 15 is 0 Å². The van der Waals surface area contributed by atoms with Gasteiger partial charge in [-0.1, -0.05) is 23.2 Å². The van der Waals surface area contributed by atoms with Gasteiger partial charge >= 0.3 is 0 Å². The van der Waals surface area contributed by atoms with Gasteiger partial charge in [0.05, 0.1) is 11.2 Å². The van der Waals surface area contributed by atoms with Crippen molar-refractivity contribution in [2.24, 2.45) is 0 Å². The summed E-state index contributed by atoms with van der Waals surface area (Å²) in [5, 5.41) is 16.3. The largest absolute Gasteiger partial charge is 0.340 e. The molecule has 0 radical (unpaired) electrons. The van der Waals surface area contributed by atoms with E-state index in [1.807, 2.05) is 6.07 Å². The zero-order valence-corrected chi connectivity index (χ0v) is 11.8. The van der Waals surface area contributed by atoms with Gasteiger partial charge in [0, 0.05) is 11.8 Å². The van der Waals surface area contributed by atoms with Crippen LogP contribution in [0.1, 0.15) is 5.56 Å². The number of nitriles is 1. The van der Waals surface area contributed by atoms with Crippen molar-refractivity contribution in [2.75, 3.05) is 5.32 Å². The highest BCUT2D eigenvalue weighted by Crippen LogP contribution is 2.25. The molecular formula is C13H6Cl2FN5. The van der Waals surface area contributed by atoms with E-state index in [2.05, 4.69) is 15.4 Å². The number of anilines is 2. The van der Waals surface area contributed by atoms with E-state index in [9.17, 15) is 4.39 Å². The van der Waals surface area contributed by atoms with Gasteiger partial charge in [-0.3, -0.25) is 0 Å². The average Bonchev–Trinajstić information content (AvgIpc) is 2.86. The van der Waals surface area contributed by atoms with Crippen LogP contribution in [0.25, 0.3) is 5.65 Å². The predicted molar refractivity (Wildman–Crippen MR) is 77.4 cm³/mol. The number of hydrogen-bond donors (Lipinski definition) is 1. The van der Waals surface area contributed by atoms with Gasteiger partial charge < -0.3 is 5.32 Å². The van der Waals surface area contributed by atoms with Crippen LogP contribution >= 0.6 is 23.2 Å². The Kier molecular flexibility index (Phi) is 3.37. The summed E-state index contributed by atoms with van der Waals surface area (Å²) in [4.78, 5) is 4.06. The maximum Gasteiger partial charge on any atom is 0.176 e. The molecule has 1 aromatic carbocycles. The van der Waals surface area contributed by atoms with Crippen LogP contribution < -0.4 is 5.32 Å². The van der Waals surface area contributed by atoms with Crippen molar-refractivity contribution in [1.29, 1.82) is 5.26 Å². The van der Waals surface area contributed by atoms with Crippen LogP contribution in [0.4, 0.5) is 15.9 Å². The lowest BCUT2D eigenvalue weighted by Gasteiger charge is -2.09. The van der Waals surface area contributed by atoms with Gasteiger partial charge in [0.15, 0.2) is 5.65 Å². The lowest BCUT2D eigenvalue weighted by Crippen LogP contribution is -2.01. The monoisotopic (exact) mass is 321 g/mol. The molecule has 5 nitrogen and oxygen atoms in total. The molecule has 0 saturated heterocycles. The van der Waals surface area contributed by atoms with E-state index < -0.39 is 5.82 Å². The quantitative estimate of drug-likeness (QED) is 0.729. The Hall–Kier alpha value is -2.36. The fraction of sp³-hybridized carbons (Fsp3) is 0. The minimum Gasteiger partial charge on any atom is -0.340 e. The van der Waals surface area contributed by atoms with Gasteiger partial charge in [0.25, 0.3) is 0 Å². The SMILES string of the molecule is N#Cc1cnn2c(Nc3ccc(F)c(Cl)c3)cc(Cl)nc12. The Morgan fingerprint density at radius 1 is 1.29 bits per heavy atom. The summed E-state index contributed by atoms with van der Waals surface area (Å²) in [7, 11) is 0. The Balaban J connectivity index is 2.10. The van der Waals surface area contributed by atoms with Crippen LogP contribution in [0.5, 0.6) is 0 Å². The first-order valence-corrected chi connectivity index (χ1v) is 6.50. The number of halogens is 3. The Morgan fingerprint density at radius 3 is 2.81 bits per heavy atom. The predicted octanol–water partition coefficient (Wildman–Crippen LogP) is 3.79. The molecule has 0 fully saturated rings. The van der Waals surface area contributed by atoms with Crippen LogP contribution in [0.15, 0.2) is 30.5 Å². The number of nitrogens with one attached hydrogen (secondary N) is 1. The highest BCUT2D eigenvalue weighted by molar-refractivity contribution is 6.31. The van der Waals surface area contributed by atoms with Crippen molar-refractivity contribution in [3.05, 3.63) is 52.0 Å². The first-order valence-electron chi connectivity index (χ1n) is 5.75. The van der Waals surface area contributed by atoms with Crippen molar-refractivity contribution in [3.63, 3.8) is 0 Å². The van der Waals surface area contributed by atoms with Gasteiger partial charge in [-0.25, -0.2) is 9.37 Å². The summed E-state index contributed by atoms with van der Waals surface area (Å²) in [6.07, 6.45) is 1.39. The number of nitrogens with zero attached hydrogens (tertiary/aromatic N) is 4. The zero-order chi connectivity index (χ0) is 15.0. The van der Waals surface area contributed by atoms with Gasteiger partial charge in [-0.05, 0) is 18.2 Å². The maximum atomic E-state index is 13.2. The van der Waals surface area contributed by atoms with Gasteiger partial charge in [-0.15, -0.1) is 0 Å². The molecular weight excluding hydrogens is 316 g/mol. The molecule has 0 aliphatic rings. The molecule has 0 aliphatic carbocycles. The second-order valence-electron chi connectivity index (χ2n) is 4.12. The van der Waals surface area contributed by atoms with Crippen LogP contribution in [0.3, 0.4) is 0 Å².